The van der Waals surface area contributed by atoms with Gasteiger partial charge in [-0.05, 0) is 61.1 Å². The van der Waals surface area contributed by atoms with E-state index in [4.69, 9.17) is 9.47 Å². The normalized spacial score (nSPS) is 10.8. The molecule has 0 radical (unpaired) electrons. The molecule has 2 heterocycles. The van der Waals surface area contributed by atoms with Gasteiger partial charge in [0.2, 0.25) is 0 Å². The fourth-order valence-electron chi connectivity index (χ4n) is 5.15. The van der Waals surface area contributed by atoms with Gasteiger partial charge in [0.15, 0.2) is 24.8 Å². The van der Waals surface area contributed by atoms with Crippen LogP contribution in [-0.2, 0) is 22.7 Å². The van der Waals surface area contributed by atoms with E-state index in [9.17, 15) is 9.59 Å². The SMILES string of the molecule is O=C(CCCCCCC[n+]1ccccc1)Oc1ccc(-c2ccc(OC(=O)CCCCCCC[n+]3ccccc3)cc2)cc1. The van der Waals surface area contributed by atoms with Crippen LogP contribution in [0.25, 0.3) is 11.1 Å². The van der Waals surface area contributed by atoms with Crippen molar-refractivity contribution in [2.24, 2.45) is 0 Å². The summed E-state index contributed by atoms with van der Waals surface area (Å²) in [4.78, 5) is 24.5. The topological polar surface area (TPSA) is 60.4 Å². The van der Waals surface area contributed by atoms with E-state index in [1.165, 1.54) is 0 Å². The molecule has 0 aliphatic carbocycles. The van der Waals surface area contributed by atoms with Gasteiger partial charge in [0, 0.05) is 49.9 Å². The summed E-state index contributed by atoms with van der Waals surface area (Å²) in [5, 5.41) is 0. The van der Waals surface area contributed by atoms with Crippen molar-refractivity contribution in [3.05, 3.63) is 110 Å². The van der Waals surface area contributed by atoms with E-state index in [2.05, 4.69) is 58.2 Å². The second kappa shape index (κ2) is 19.1. The Kier molecular flexibility index (Phi) is 14.1. The number of esters is 2. The highest BCUT2D eigenvalue weighted by atomic mass is 16.5. The fourth-order valence-corrected chi connectivity index (χ4v) is 5.15. The van der Waals surface area contributed by atoms with Gasteiger partial charge in [-0.3, -0.25) is 9.59 Å². The van der Waals surface area contributed by atoms with E-state index < -0.39 is 0 Å². The third-order valence-electron chi connectivity index (χ3n) is 7.65. The van der Waals surface area contributed by atoms with E-state index in [1.54, 1.807) is 0 Å². The van der Waals surface area contributed by atoms with Crippen LogP contribution in [0.15, 0.2) is 110 Å². The molecule has 0 aliphatic rings. The van der Waals surface area contributed by atoms with Gasteiger partial charge in [-0.2, -0.15) is 0 Å². The average molecular weight is 595 g/mol. The number of carbonyl (C=O) groups excluding carboxylic acids is 2. The van der Waals surface area contributed by atoms with Crippen molar-refractivity contribution in [2.75, 3.05) is 0 Å². The third-order valence-corrected chi connectivity index (χ3v) is 7.65. The van der Waals surface area contributed by atoms with Crippen LogP contribution in [-0.4, -0.2) is 11.9 Å². The highest BCUT2D eigenvalue weighted by molar-refractivity contribution is 5.74. The first-order valence-electron chi connectivity index (χ1n) is 16.2. The molecule has 0 saturated carbocycles. The van der Waals surface area contributed by atoms with Crippen molar-refractivity contribution in [1.82, 2.24) is 0 Å². The monoisotopic (exact) mass is 594 g/mol. The molecule has 6 nitrogen and oxygen atoms in total. The zero-order valence-corrected chi connectivity index (χ0v) is 25.8. The maximum atomic E-state index is 12.3. The zero-order chi connectivity index (χ0) is 30.7. The first-order chi connectivity index (χ1) is 21.7. The molecular formula is C38H46N2O4+2. The molecule has 0 unspecified atom stereocenters. The van der Waals surface area contributed by atoms with Crippen LogP contribution >= 0.6 is 0 Å². The predicted octanol–water partition coefficient (Wildman–Crippen LogP) is 7.82. The van der Waals surface area contributed by atoms with E-state index in [0.717, 1.165) is 88.4 Å². The van der Waals surface area contributed by atoms with E-state index in [-0.39, 0.29) is 11.9 Å². The summed E-state index contributed by atoms with van der Waals surface area (Å²) < 4.78 is 15.5. The smallest absolute Gasteiger partial charge is 0.311 e. The second-order valence-electron chi connectivity index (χ2n) is 11.3. The lowest BCUT2D eigenvalue weighted by Crippen LogP contribution is -2.32. The predicted molar refractivity (Wildman–Crippen MR) is 172 cm³/mol. The number of hydrogen-bond acceptors (Lipinski definition) is 4. The number of nitrogens with zero attached hydrogens (tertiary/aromatic N) is 2. The first kappa shape index (κ1) is 32.6. The summed E-state index contributed by atoms with van der Waals surface area (Å²) in [6.07, 6.45) is 19.9. The Morgan fingerprint density at radius 2 is 0.773 bits per heavy atom. The number of benzene rings is 2. The van der Waals surface area contributed by atoms with Gasteiger partial charge in [-0.15, -0.1) is 0 Å². The molecule has 4 aromatic rings. The molecule has 0 spiro atoms. The Balaban J connectivity index is 1.05. The summed E-state index contributed by atoms with van der Waals surface area (Å²) >= 11 is 0. The molecule has 0 saturated heterocycles. The number of aromatic nitrogens is 2. The highest BCUT2D eigenvalue weighted by Gasteiger charge is 2.08. The second-order valence-corrected chi connectivity index (χ2v) is 11.3. The van der Waals surface area contributed by atoms with Crippen molar-refractivity contribution < 1.29 is 28.2 Å². The number of ether oxygens (including phenoxy) is 2. The minimum atomic E-state index is -0.189. The fraction of sp³-hybridized carbons (Fsp3) is 0.368. The summed E-state index contributed by atoms with van der Waals surface area (Å²) in [5.74, 6) is 0.732. The standard InChI is InChI=1S/C38H46N2O4/c41-37(17-9-3-1-5-11-27-39-29-13-7-14-30-39)43-35-23-19-33(20-24-35)34-21-25-36(26-22-34)44-38(42)18-10-4-2-6-12-28-40-31-15-8-16-32-40/h7-8,13-16,19-26,29-32H,1-6,9-12,17-18,27-28H2/q+2. The number of rotatable bonds is 19. The Hall–Kier alpha value is -4.32. The molecule has 6 heteroatoms. The minimum Gasteiger partial charge on any atom is -0.427 e. The lowest BCUT2D eigenvalue weighted by atomic mass is 10.1. The molecule has 0 atom stereocenters. The molecule has 2 aromatic heterocycles. The van der Waals surface area contributed by atoms with Crippen molar-refractivity contribution >= 4 is 11.9 Å². The van der Waals surface area contributed by atoms with Gasteiger partial charge in [0.25, 0.3) is 0 Å². The van der Waals surface area contributed by atoms with Crippen LogP contribution in [0.5, 0.6) is 11.5 Å². The Morgan fingerprint density at radius 3 is 1.16 bits per heavy atom. The van der Waals surface area contributed by atoms with Crippen LogP contribution in [0.4, 0.5) is 0 Å². The maximum absolute atomic E-state index is 12.3. The Bertz CT molecular complexity index is 1270. The maximum Gasteiger partial charge on any atom is 0.311 e. The van der Waals surface area contributed by atoms with Gasteiger partial charge in [0.1, 0.15) is 24.6 Å². The first-order valence-corrected chi connectivity index (χ1v) is 16.2. The summed E-state index contributed by atoms with van der Waals surface area (Å²) in [5.41, 5.74) is 2.00. The minimum absolute atomic E-state index is 0.189. The number of hydrogen-bond donors (Lipinski definition) is 0. The number of pyridine rings is 2. The van der Waals surface area contributed by atoms with Gasteiger partial charge < -0.3 is 9.47 Å². The van der Waals surface area contributed by atoms with Crippen molar-refractivity contribution in [2.45, 2.75) is 90.1 Å². The largest absolute Gasteiger partial charge is 0.427 e. The molecule has 44 heavy (non-hydrogen) atoms. The molecular weight excluding hydrogens is 548 g/mol. The van der Waals surface area contributed by atoms with Gasteiger partial charge in [0.05, 0.1) is 0 Å². The molecule has 0 aliphatic heterocycles. The van der Waals surface area contributed by atoms with Crippen LogP contribution in [0.3, 0.4) is 0 Å². The quantitative estimate of drug-likeness (QED) is 0.0481. The van der Waals surface area contributed by atoms with Gasteiger partial charge in [-0.25, -0.2) is 9.13 Å². The van der Waals surface area contributed by atoms with Crippen LogP contribution in [0.1, 0.15) is 77.0 Å². The summed E-state index contributed by atoms with van der Waals surface area (Å²) in [7, 11) is 0. The molecule has 0 N–H and O–H groups in total. The molecule has 0 bridgehead atoms. The van der Waals surface area contributed by atoms with E-state index in [0.29, 0.717) is 24.3 Å². The Morgan fingerprint density at radius 1 is 0.432 bits per heavy atom. The lowest BCUT2D eigenvalue weighted by molar-refractivity contribution is -0.697. The van der Waals surface area contributed by atoms with Crippen molar-refractivity contribution in [3.8, 4) is 22.6 Å². The highest BCUT2D eigenvalue weighted by Crippen LogP contribution is 2.25. The summed E-state index contributed by atoms with van der Waals surface area (Å²) in [6.45, 7) is 2.07. The van der Waals surface area contributed by atoms with E-state index >= 15 is 0 Å². The van der Waals surface area contributed by atoms with Crippen molar-refractivity contribution in [1.29, 1.82) is 0 Å². The molecule has 4 rings (SSSR count). The van der Waals surface area contributed by atoms with Crippen LogP contribution in [0.2, 0.25) is 0 Å². The molecule has 2 aromatic carbocycles. The number of unbranched alkanes of at least 4 members (excludes halogenated alkanes) is 8. The van der Waals surface area contributed by atoms with Crippen molar-refractivity contribution in [3.63, 3.8) is 0 Å². The number of aryl methyl sites for hydroxylation is 2. The molecule has 0 amide bonds. The average Bonchev–Trinajstić information content (AvgIpc) is 3.05. The lowest BCUT2D eigenvalue weighted by Gasteiger charge is -2.08. The van der Waals surface area contributed by atoms with Gasteiger partial charge in [-0.1, -0.05) is 62.1 Å². The molecule has 0 fully saturated rings. The molecule has 230 valence electrons. The zero-order valence-electron chi connectivity index (χ0n) is 25.8. The Labute approximate surface area is 262 Å². The number of carbonyl (C=O) groups is 2. The summed E-state index contributed by atoms with van der Waals surface area (Å²) in [6, 6.07) is 27.3. The van der Waals surface area contributed by atoms with Gasteiger partial charge >= 0.3 is 11.9 Å². The van der Waals surface area contributed by atoms with E-state index in [1.807, 2.05) is 60.7 Å². The third kappa shape index (κ3) is 12.5. The van der Waals surface area contributed by atoms with Crippen LogP contribution in [0, 0.1) is 0 Å². The van der Waals surface area contributed by atoms with Crippen LogP contribution < -0.4 is 18.6 Å².